The van der Waals surface area contributed by atoms with Gasteiger partial charge in [-0.15, -0.1) is 10.2 Å². The molecule has 0 aliphatic rings. The largest absolute Gasteiger partial charge is 0.505 e. The van der Waals surface area contributed by atoms with Crippen molar-refractivity contribution in [2.45, 2.75) is 9.79 Å². The lowest BCUT2D eigenvalue weighted by Crippen LogP contribution is -2.19. The summed E-state index contributed by atoms with van der Waals surface area (Å²) in [6.07, 6.45) is 0. The number of phenols is 2. The molecule has 0 heterocycles. The van der Waals surface area contributed by atoms with Crippen molar-refractivity contribution in [2.75, 3.05) is 10.6 Å². The van der Waals surface area contributed by atoms with Crippen molar-refractivity contribution >= 4 is 87.9 Å². The van der Waals surface area contributed by atoms with E-state index in [-0.39, 0.29) is 44.2 Å². The van der Waals surface area contributed by atoms with Gasteiger partial charge < -0.3 is 26.0 Å². The summed E-state index contributed by atoms with van der Waals surface area (Å²) in [5.41, 5.74) is -0.622. The van der Waals surface area contributed by atoms with Crippen LogP contribution in [0.2, 0.25) is 0 Å². The number of aromatic hydroxyl groups is 2. The topological polar surface area (TPSA) is 277 Å². The number of hydrogen-bond acceptors (Lipinski definition) is 12. The molecule has 0 radical (unpaired) electrons. The first kappa shape index (κ1) is 36.0. The highest BCUT2D eigenvalue weighted by Crippen LogP contribution is 2.43. The molecule has 6 aromatic rings. The van der Waals surface area contributed by atoms with Gasteiger partial charge in [-0.05, 0) is 89.6 Å². The predicted octanol–water partition coefficient (Wildman–Crippen LogP) is 8.07. The van der Waals surface area contributed by atoms with Crippen LogP contribution >= 0.6 is 0 Å². The van der Waals surface area contributed by atoms with Crippen LogP contribution in [0, 0.1) is 0 Å². The highest BCUT2D eigenvalue weighted by molar-refractivity contribution is 7.86. The van der Waals surface area contributed by atoms with Crippen molar-refractivity contribution in [3.63, 3.8) is 0 Å². The molecular weight excluding hydrogens is 733 g/mol. The van der Waals surface area contributed by atoms with Crippen LogP contribution in [-0.2, 0) is 20.2 Å². The number of carbonyl (C=O) groups is 2. The zero-order valence-electron chi connectivity index (χ0n) is 26.6. The van der Waals surface area contributed by atoms with E-state index in [2.05, 4.69) is 31.1 Å². The molecule has 6 aromatic carbocycles. The lowest BCUT2D eigenvalue weighted by Gasteiger charge is -2.13. The number of carbonyl (C=O) groups excluding carboxylic acids is 1. The van der Waals surface area contributed by atoms with Crippen molar-refractivity contribution in [1.29, 1.82) is 0 Å². The number of nitrogens with one attached hydrogen (secondary N) is 2. The van der Waals surface area contributed by atoms with E-state index in [4.69, 9.17) is 0 Å². The van der Waals surface area contributed by atoms with Gasteiger partial charge >= 0.3 is 12.0 Å². The number of carboxylic acid groups (broad SMARTS) is 1. The molecule has 19 heteroatoms. The molecule has 53 heavy (non-hydrogen) atoms. The van der Waals surface area contributed by atoms with Crippen molar-refractivity contribution in [3.05, 3.63) is 109 Å². The lowest BCUT2D eigenvalue weighted by molar-refractivity contribution is 0.0696. The van der Waals surface area contributed by atoms with Crippen molar-refractivity contribution in [1.82, 2.24) is 0 Å². The average Bonchev–Trinajstić information content (AvgIpc) is 3.10. The van der Waals surface area contributed by atoms with Crippen LogP contribution in [0.15, 0.2) is 133 Å². The Labute approximate surface area is 299 Å². The van der Waals surface area contributed by atoms with E-state index in [0.29, 0.717) is 5.69 Å². The number of azo groups is 2. The molecule has 0 aliphatic carbocycles. The van der Waals surface area contributed by atoms with Crippen molar-refractivity contribution in [2.24, 2.45) is 20.5 Å². The second kappa shape index (κ2) is 14.1. The summed E-state index contributed by atoms with van der Waals surface area (Å²) in [6.45, 7) is 0. The fourth-order valence-electron chi connectivity index (χ4n) is 5.15. The number of amides is 2. The Hall–Kier alpha value is -6.80. The number of benzene rings is 6. The molecule has 7 N–H and O–H groups in total. The molecule has 0 fully saturated rings. The number of fused-ring (bicyclic) bond motifs is 2. The van der Waals surface area contributed by atoms with Gasteiger partial charge in [0.15, 0.2) is 11.5 Å². The summed E-state index contributed by atoms with van der Waals surface area (Å²) in [4.78, 5) is 22.7. The number of urea groups is 1. The second-order valence-corrected chi connectivity index (χ2v) is 13.9. The van der Waals surface area contributed by atoms with Gasteiger partial charge in [-0.1, -0.05) is 24.3 Å². The summed E-state index contributed by atoms with van der Waals surface area (Å²) in [5.74, 6) is -2.51. The Bertz CT molecular complexity index is 2760. The first-order valence-corrected chi connectivity index (χ1v) is 17.8. The van der Waals surface area contributed by atoms with Crippen LogP contribution in [0.5, 0.6) is 11.5 Å². The van der Waals surface area contributed by atoms with E-state index in [0.717, 1.165) is 18.2 Å². The van der Waals surface area contributed by atoms with Gasteiger partial charge in [0.05, 0.1) is 16.9 Å². The summed E-state index contributed by atoms with van der Waals surface area (Å²) in [6, 6.07) is 22.8. The molecule has 0 spiro atoms. The van der Waals surface area contributed by atoms with Crippen LogP contribution in [0.1, 0.15) is 10.4 Å². The number of nitrogens with zero attached hydrogens (tertiary/aromatic N) is 4. The molecule has 0 saturated carbocycles. The number of carboxylic acids is 1. The number of anilines is 2. The molecule has 0 saturated heterocycles. The van der Waals surface area contributed by atoms with Crippen LogP contribution < -0.4 is 10.6 Å². The molecule has 0 atom stereocenters. The van der Waals surface area contributed by atoms with Gasteiger partial charge in [0.1, 0.15) is 21.2 Å². The predicted molar refractivity (Wildman–Crippen MR) is 192 cm³/mol. The van der Waals surface area contributed by atoms with E-state index in [1.807, 2.05) is 0 Å². The van der Waals surface area contributed by atoms with Gasteiger partial charge in [-0.25, -0.2) is 9.59 Å². The Morgan fingerprint density at radius 1 is 0.547 bits per heavy atom. The fraction of sp³-hybridized carbons (Fsp3) is 0. The molecule has 6 rings (SSSR count). The van der Waals surface area contributed by atoms with Crippen LogP contribution in [-0.4, -0.2) is 53.3 Å². The van der Waals surface area contributed by atoms with Gasteiger partial charge in [0.25, 0.3) is 20.2 Å². The smallest absolute Gasteiger partial charge is 0.335 e. The third-order valence-corrected chi connectivity index (χ3v) is 9.29. The molecule has 0 bridgehead atoms. The van der Waals surface area contributed by atoms with Gasteiger partial charge in [0.2, 0.25) is 0 Å². The standard InChI is InChI=1S/C34H24N6O11S2/c41-31-25-11-9-22(14-19(25)16-27(52(46,47)48)29(31)39-37-21-6-2-1-3-7-21)35-34(45)36-23-10-12-26-20(15-23)17-28(53(49,50)51)30(32(26)42)40-38-24-8-4-5-18(13-24)33(43)44/h1-17,41-42H,(H,43,44)(H2,35,36,45)(H,46,47,48)(H,49,50,51). The Balaban J connectivity index is 1.27. The maximum absolute atomic E-state index is 13.0. The molecular formula is C34H24N6O11S2. The van der Waals surface area contributed by atoms with Gasteiger partial charge in [-0.2, -0.15) is 27.1 Å². The highest BCUT2D eigenvalue weighted by atomic mass is 32.2. The quantitative estimate of drug-likeness (QED) is 0.0547. The molecule has 268 valence electrons. The number of phenolic OH excluding ortho intramolecular Hbond substituents is 2. The van der Waals surface area contributed by atoms with Crippen LogP contribution in [0.3, 0.4) is 0 Å². The molecule has 2 amide bonds. The molecule has 0 aromatic heterocycles. The van der Waals surface area contributed by atoms with Crippen LogP contribution in [0.4, 0.5) is 38.9 Å². The summed E-state index contributed by atoms with van der Waals surface area (Å²) in [5, 5.41) is 51.8. The summed E-state index contributed by atoms with van der Waals surface area (Å²) < 4.78 is 68.8. The minimum Gasteiger partial charge on any atom is -0.505 e. The van der Waals surface area contributed by atoms with E-state index in [9.17, 15) is 50.8 Å². The first-order chi connectivity index (χ1) is 25.1. The van der Waals surface area contributed by atoms with Gasteiger partial charge in [-0.3, -0.25) is 9.11 Å². The van der Waals surface area contributed by atoms with E-state index in [1.54, 1.807) is 30.3 Å². The zero-order chi connectivity index (χ0) is 38.1. The average molecular weight is 757 g/mol. The third kappa shape index (κ3) is 7.92. The maximum Gasteiger partial charge on any atom is 0.335 e. The third-order valence-electron chi connectivity index (χ3n) is 7.55. The number of aromatic carboxylic acids is 1. The van der Waals surface area contributed by atoms with E-state index < -0.39 is 64.9 Å². The minimum atomic E-state index is -4.99. The van der Waals surface area contributed by atoms with E-state index >= 15 is 0 Å². The maximum atomic E-state index is 13.0. The highest BCUT2D eigenvalue weighted by Gasteiger charge is 2.24. The summed E-state index contributed by atoms with van der Waals surface area (Å²) >= 11 is 0. The number of rotatable bonds is 9. The fourth-order valence-corrected chi connectivity index (χ4v) is 6.47. The number of hydrogen-bond donors (Lipinski definition) is 7. The molecule has 17 nitrogen and oxygen atoms in total. The minimum absolute atomic E-state index is 0.0216. The normalized spacial score (nSPS) is 12.1. The lowest BCUT2D eigenvalue weighted by atomic mass is 10.1. The zero-order valence-corrected chi connectivity index (χ0v) is 28.2. The molecule has 0 unspecified atom stereocenters. The van der Waals surface area contributed by atoms with Gasteiger partial charge in [0, 0.05) is 22.1 Å². The summed E-state index contributed by atoms with van der Waals surface area (Å²) in [7, 11) is -9.89. The monoisotopic (exact) mass is 756 g/mol. The van der Waals surface area contributed by atoms with E-state index in [1.165, 1.54) is 54.6 Å². The Morgan fingerprint density at radius 2 is 1.02 bits per heavy atom. The van der Waals surface area contributed by atoms with Crippen molar-refractivity contribution in [3.8, 4) is 11.5 Å². The second-order valence-electron chi connectivity index (χ2n) is 11.1. The Morgan fingerprint density at radius 3 is 1.49 bits per heavy atom. The first-order valence-electron chi connectivity index (χ1n) is 14.9. The Kier molecular flexibility index (Phi) is 9.56. The van der Waals surface area contributed by atoms with Crippen LogP contribution in [0.25, 0.3) is 21.5 Å². The van der Waals surface area contributed by atoms with Crippen molar-refractivity contribution < 1.29 is 50.8 Å². The molecule has 0 aliphatic heterocycles. The SMILES string of the molecule is O=C(Nc1ccc2c(O)c(N=Nc3ccccc3)c(S(=O)(=O)O)cc2c1)Nc1ccc2c(O)c(N=Nc3cccc(C(=O)O)c3)c(S(=O)(=O)O)cc2c1.